The molecule has 1 amide bonds. The number of likely N-dealkylation sites (N-methyl/N-ethyl adjacent to an activating group) is 1. The first kappa shape index (κ1) is 18.3. The minimum absolute atomic E-state index is 0.00666. The highest BCUT2D eigenvalue weighted by molar-refractivity contribution is 5.93. The fourth-order valence-corrected chi connectivity index (χ4v) is 3.42. The Hall–Kier alpha value is -2.47. The normalized spacial score (nSPS) is 18.3. The van der Waals surface area contributed by atoms with Gasteiger partial charge in [-0.2, -0.15) is 0 Å². The number of benzene rings is 1. The van der Waals surface area contributed by atoms with E-state index < -0.39 is 0 Å². The summed E-state index contributed by atoms with van der Waals surface area (Å²) in [4.78, 5) is 25.9. The first-order valence-corrected chi connectivity index (χ1v) is 9.12. The molecular formula is C20H27N5O. The van der Waals surface area contributed by atoms with Crippen molar-refractivity contribution in [1.82, 2.24) is 19.8 Å². The average Bonchev–Trinajstić information content (AvgIpc) is 2.60. The Morgan fingerprint density at radius 2 is 1.96 bits per heavy atom. The molecule has 1 saturated heterocycles. The van der Waals surface area contributed by atoms with E-state index >= 15 is 0 Å². The number of hydrogen-bond acceptors (Lipinski definition) is 5. The van der Waals surface area contributed by atoms with Crippen LogP contribution in [0.15, 0.2) is 36.4 Å². The molecule has 6 nitrogen and oxygen atoms in total. The lowest BCUT2D eigenvalue weighted by atomic mass is 10.0. The Bertz CT molecular complexity index is 762. The minimum atomic E-state index is -0.0777. The van der Waals surface area contributed by atoms with Crippen molar-refractivity contribution >= 4 is 11.9 Å². The van der Waals surface area contributed by atoms with Gasteiger partial charge in [-0.15, -0.1) is 0 Å². The van der Waals surface area contributed by atoms with Crippen LogP contribution < -0.4 is 5.73 Å². The highest BCUT2D eigenvalue weighted by Crippen LogP contribution is 2.26. The van der Waals surface area contributed by atoms with Crippen LogP contribution in [0.2, 0.25) is 0 Å². The maximum Gasteiger partial charge on any atom is 0.273 e. The number of piperazine rings is 1. The molecule has 1 aliphatic heterocycles. The van der Waals surface area contributed by atoms with E-state index in [1.807, 2.05) is 23.1 Å². The van der Waals surface area contributed by atoms with Gasteiger partial charge in [-0.05, 0) is 31.0 Å². The lowest BCUT2D eigenvalue weighted by molar-refractivity contribution is 0.0492. The van der Waals surface area contributed by atoms with Gasteiger partial charge in [0, 0.05) is 25.3 Å². The van der Waals surface area contributed by atoms with Crippen LogP contribution >= 0.6 is 0 Å². The van der Waals surface area contributed by atoms with Crippen LogP contribution in [-0.4, -0.2) is 52.4 Å². The highest BCUT2D eigenvalue weighted by atomic mass is 16.2. The van der Waals surface area contributed by atoms with E-state index in [2.05, 4.69) is 47.9 Å². The zero-order valence-corrected chi connectivity index (χ0v) is 15.7. The molecule has 2 N–H and O–H groups in total. The van der Waals surface area contributed by atoms with Crippen molar-refractivity contribution < 1.29 is 4.79 Å². The number of nitrogens with zero attached hydrogens (tertiary/aromatic N) is 4. The van der Waals surface area contributed by atoms with Crippen molar-refractivity contribution in [3.63, 3.8) is 0 Å². The standard InChI is InChI=1S/C20H27N5O/c1-14(2)11-16-12-17(23-20(21)22-16)19(26)25-10-9-24(3)13-18(25)15-7-5-4-6-8-15/h4-8,12,14,18H,9-11,13H2,1-3H3,(H2,21,22,23)/t18-/m1/s1. The molecule has 1 fully saturated rings. The summed E-state index contributed by atoms with van der Waals surface area (Å²) in [5.41, 5.74) is 8.21. The molecule has 2 heterocycles. The number of hydrogen-bond donors (Lipinski definition) is 1. The Morgan fingerprint density at radius 1 is 1.23 bits per heavy atom. The molecule has 26 heavy (non-hydrogen) atoms. The summed E-state index contributed by atoms with van der Waals surface area (Å²) in [6, 6.07) is 12.0. The summed E-state index contributed by atoms with van der Waals surface area (Å²) in [6.45, 7) is 6.54. The van der Waals surface area contributed by atoms with E-state index in [-0.39, 0.29) is 17.9 Å². The highest BCUT2D eigenvalue weighted by Gasteiger charge is 2.31. The maximum absolute atomic E-state index is 13.2. The summed E-state index contributed by atoms with van der Waals surface area (Å²) in [5, 5.41) is 0. The van der Waals surface area contributed by atoms with Crippen molar-refractivity contribution in [1.29, 1.82) is 0 Å². The third-order valence-corrected chi connectivity index (χ3v) is 4.66. The number of amides is 1. The molecule has 0 bridgehead atoms. The summed E-state index contributed by atoms with van der Waals surface area (Å²) < 4.78 is 0. The molecule has 0 unspecified atom stereocenters. The SMILES string of the molecule is CC(C)Cc1cc(C(=O)N2CCN(C)C[C@@H]2c2ccccc2)nc(N)n1. The smallest absolute Gasteiger partial charge is 0.273 e. The van der Waals surface area contributed by atoms with Crippen LogP contribution in [0.5, 0.6) is 0 Å². The van der Waals surface area contributed by atoms with Gasteiger partial charge in [-0.25, -0.2) is 9.97 Å². The van der Waals surface area contributed by atoms with Gasteiger partial charge < -0.3 is 15.5 Å². The number of rotatable bonds is 4. The van der Waals surface area contributed by atoms with E-state index in [9.17, 15) is 4.79 Å². The van der Waals surface area contributed by atoms with Gasteiger partial charge in [-0.3, -0.25) is 4.79 Å². The number of aromatic nitrogens is 2. The predicted octanol–water partition coefficient (Wildman–Crippen LogP) is 2.39. The minimum Gasteiger partial charge on any atom is -0.368 e. The second kappa shape index (κ2) is 7.83. The zero-order valence-electron chi connectivity index (χ0n) is 15.7. The third kappa shape index (κ3) is 4.19. The average molecular weight is 353 g/mol. The Morgan fingerprint density at radius 3 is 2.65 bits per heavy atom. The van der Waals surface area contributed by atoms with Crippen LogP contribution in [-0.2, 0) is 6.42 Å². The first-order chi connectivity index (χ1) is 12.4. The van der Waals surface area contributed by atoms with Crippen molar-refractivity contribution in [2.75, 3.05) is 32.4 Å². The quantitative estimate of drug-likeness (QED) is 0.913. The Balaban J connectivity index is 1.91. The van der Waals surface area contributed by atoms with Crippen LogP contribution in [0.4, 0.5) is 5.95 Å². The molecule has 6 heteroatoms. The molecule has 1 aromatic carbocycles. The maximum atomic E-state index is 13.2. The van der Waals surface area contributed by atoms with E-state index in [0.717, 1.165) is 30.8 Å². The second-order valence-electron chi connectivity index (χ2n) is 7.39. The summed E-state index contributed by atoms with van der Waals surface area (Å²) in [7, 11) is 2.08. The van der Waals surface area contributed by atoms with Crippen LogP contribution in [0.25, 0.3) is 0 Å². The monoisotopic (exact) mass is 353 g/mol. The van der Waals surface area contributed by atoms with Gasteiger partial charge in [0.1, 0.15) is 5.69 Å². The number of nitrogens with two attached hydrogens (primary N) is 1. The molecule has 0 aliphatic carbocycles. The molecule has 2 aromatic rings. The Labute approximate surface area is 155 Å². The van der Waals surface area contributed by atoms with E-state index in [1.165, 1.54) is 0 Å². The fourth-order valence-electron chi connectivity index (χ4n) is 3.42. The molecule has 0 spiro atoms. The van der Waals surface area contributed by atoms with Gasteiger partial charge in [0.2, 0.25) is 5.95 Å². The zero-order chi connectivity index (χ0) is 18.7. The van der Waals surface area contributed by atoms with Crippen molar-refractivity contribution in [3.8, 4) is 0 Å². The molecule has 1 atom stereocenters. The molecule has 138 valence electrons. The van der Waals surface area contributed by atoms with Gasteiger partial charge in [0.25, 0.3) is 5.91 Å². The molecule has 0 radical (unpaired) electrons. The van der Waals surface area contributed by atoms with Gasteiger partial charge in [-0.1, -0.05) is 44.2 Å². The van der Waals surface area contributed by atoms with E-state index in [1.54, 1.807) is 6.07 Å². The van der Waals surface area contributed by atoms with Crippen molar-refractivity contribution in [3.05, 3.63) is 53.3 Å². The summed E-state index contributed by atoms with van der Waals surface area (Å²) in [6.07, 6.45) is 0.776. The van der Waals surface area contributed by atoms with E-state index in [4.69, 9.17) is 5.73 Å². The van der Waals surface area contributed by atoms with E-state index in [0.29, 0.717) is 18.2 Å². The van der Waals surface area contributed by atoms with Crippen LogP contribution in [0.3, 0.4) is 0 Å². The third-order valence-electron chi connectivity index (χ3n) is 4.66. The largest absolute Gasteiger partial charge is 0.368 e. The Kier molecular flexibility index (Phi) is 5.52. The molecule has 3 rings (SSSR count). The molecular weight excluding hydrogens is 326 g/mol. The van der Waals surface area contributed by atoms with Gasteiger partial charge in [0.05, 0.1) is 6.04 Å². The van der Waals surface area contributed by atoms with Gasteiger partial charge in [0.15, 0.2) is 0 Å². The predicted molar refractivity (Wildman–Crippen MR) is 103 cm³/mol. The summed E-state index contributed by atoms with van der Waals surface area (Å²) >= 11 is 0. The number of carbonyl (C=O) groups is 1. The van der Waals surface area contributed by atoms with Crippen molar-refractivity contribution in [2.45, 2.75) is 26.3 Å². The van der Waals surface area contributed by atoms with Gasteiger partial charge >= 0.3 is 0 Å². The molecule has 1 aromatic heterocycles. The lowest BCUT2D eigenvalue weighted by Crippen LogP contribution is -2.49. The number of anilines is 1. The first-order valence-electron chi connectivity index (χ1n) is 9.12. The molecule has 0 saturated carbocycles. The lowest BCUT2D eigenvalue weighted by Gasteiger charge is -2.40. The fraction of sp³-hybridized carbons (Fsp3) is 0.450. The second-order valence-corrected chi connectivity index (χ2v) is 7.39. The van der Waals surface area contributed by atoms with Crippen LogP contribution in [0.1, 0.15) is 41.6 Å². The van der Waals surface area contributed by atoms with Crippen molar-refractivity contribution in [2.24, 2.45) is 5.92 Å². The summed E-state index contributed by atoms with van der Waals surface area (Å²) in [5.74, 6) is 0.524. The van der Waals surface area contributed by atoms with Crippen LogP contribution in [0, 0.1) is 5.92 Å². The number of nitrogen functional groups attached to an aromatic ring is 1. The topological polar surface area (TPSA) is 75.4 Å². The number of carbonyl (C=O) groups excluding carboxylic acids is 1. The molecule has 1 aliphatic rings.